The number of primary amides is 1. The van der Waals surface area contributed by atoms with Crippen LogP contribution in [0.5, 0.6) is 0 Å². The maximum atomic E-state index is 13.9. The number of hydrogen-bond donors (Lipinski definition) is 2. The number of hydrogen-bond acceptors (Lipinski definition) is 4. The Bertz CT molecular complexity index is 1560. The zero-order valence-electron chi connectivity index (χ0n) is 20.3. The van der Waals surface area contributed by atoms with E-state index in [1.165, 1.54) is 29.7 Å². The fraction of sp³-hybridized carbons (Fsp3) is 0.259. The van der Waals surface area contributed by atoms with Gasteiger partial charge in [-0.25, -0.2) is 9.37 Å². The number of halogens is 4. The summed E-state index contributed by atoms with van der Waals surface area (Å²) in [5.41, 5.74) is 5.03. The maximum Gasteiger partial charge on any atom is 0.437 e. The molecule has 38 heavy (non-hydrogen) atoms. The minimum absolute atomic E-state index is 0.0414. The van der Waals surface area contributed by atoms with E-state index in [-0.39, 0.29) is 34.4 Å². The molecular weight excluding hydrogens is 502 g/mol. The first-order valence-corrected chi connectivity index (χ1v) is 12.0. The second-order valence-electron chi connectivity index (χ2n) is 9.37. The van der Waals surface area contributed by atoms with Crippen LogP contribution in [0.1, 0.15) is 68.5 Å². The number of fused-ring (bicyclic) bond motifs is 1. The van der Waals surface area contributed by atoms with Crippen molar-refractivity contribution in [2.45, 2.75) is 44.8 Å². The molecule has 11 heteroatoms. The summed E-state index contributed by atoms with van der Waals surface area (Å²) in [6.07, 6.45) is -1.38. The van der Waals surface area contributed by atoms with Crippen molar-refractivity contribution in [2.24, 2.45) is 5.73 Å². The normalized spacial score (nSPS) is 13.9. The van der Waals surface area contributed by atoms with Gasteiger partial charge in [0.2, 0.25) is 0 Å². The fourth-order valence-corrected chi connectivity index (χ4v) is 4.55. The van der Waals surface area contributed by atoms with Crippen molar-refractivity contribution in [2.75, 3.05) is 5.32 Å². The zero-order chi connectivity index (χ0) is 27.2. The summed E-state index contributed by atoms with van der Waals surface area (Å²) in [6, 6.07) is 12.1. The molecule has 0 saturated heterocycles. The third-order valence-electron chi connectivity index (χ3n) is 6.87. The molecule has 5 rings (SSSR count). The van der Waals surface area contributed by atoms with Gasteiger partial charge in [0.15, 0.2) is 5.69 Å². The number of carbonyl (C=O) groups excluding carboxylic acids is 2. The summed E-state index contributed by atoms with van der Waals surface area (Å²) < 4.78 is 56.8. The molecule has 4 aromatic rings. The van der Waals surface area contributed by atoms with Gasteiger partial charge in [-0.15, -0.1) is 0 Å². The van der Waals surface area contributed by atoms with Gasteiger partial charge in [0.25, 0.3) is 11.8 Å². The molecular formula is C27H23F4N5O2. The zero-order valence-corrected chi connectivity index (χ0v) is 20.3. The standard InChI is InChI=1S/C27H23F4N5O2/c1-14-23(34-26(38)20-12-22(25(32)37)33-21-11-18(28)9-10-19(20)21)24(27(29,30)31)35-36(14)13-15-5-7-17(8-6-15)16-3-2-4-16/h5-12,16H,2-4,13H2,1H3,(H2,32,37)(H,34,38). The van der Waals surface area contributed by atoms with Gasteiger partial charge in [-0.1, -0.05) is 30.7 Å². The van der Waals surface area contributed by atoms with Crippen LogP contribution in [-0.4, -0.2) is 26.6 Å². The van der Waals surface area contributed by atoms with Crippen LogP contribution in [0.2, 0.25) is 0 Å². The first-order chi connectivity index (χ1) is 18.0. The van der Waals surface area contributed by atoms with E-state index in [0.29, 0.717) is 5.92 Å². The van der Waals surface area contributed by atoms with Crippen molar-refractivity contribution in [3.63, 3.8) is 0 Å². The van der Waals surface area contributed by atoms with Gasteiger partial charge in [-0.05, 0) is 55.0 Å². The van der Waals surface area contributed by atoms with Gasteiger partial charge >= 0.3 is 6.18 Å². The Hall–Kier alpha value is -4.28. The van der Waals surface area contributed by atoms with Crippen molar-refractivity contribution >= 4 is 28.4 Å². The van der Waals surface area contributed by atoms with Crippen LogP contribution in [0.15, 0.2) is 48.5 Å². The fourth-order valence-electron chi connectivity index (χ4n) is 4.55. The first-order valence-electron chi connectivity index (χ1n) is 12.0. The summed E-state index contributed by atoms with van der Waals surface area (Å²) in [7, 11) is 0. The van der Waals surface area contributed by atoms with Crippen LogP contribution < -0.4 is 11.1 Å². The Morgan fingerprint density at radius 1 is 1.11 bits per heavy atom. The Balaban J connectivity index is 1.49. The Kier molecular flexibility index (Phi) is 6.38. The van der Waals surface area contributed by atoms with Crippen LogP contribution >= 0.6 is 0 Å². The van der Waals surface area contributed by atoms with Gasteiger partial charge in [-0.2, -0.15) is 18.3 Å². The molecule has 0 radical (unpaired) electrons. The lowest BCUT2D eigenvalue weighted by atomic mass is 9.80. The topological polar surface area (TPSA) is 103 Å². The molecule has 2 aromatic heterocycles. The van der Waals surface area contributed by atoms with Crippen LogP contribution in [0.3, 0.4) is 0 Å². The van der Waals surface area contributed by atoms with E-state index >= 15 is 0 Å². The summed E-state index contributed by atoms with van der Waals surface area (Å²) in [6.45, 7) is 1.49. The Morgan fingerprint density at radius 2 is 1.82 bits per heavy atom. The number of amides is 2. The summed E-state index contributed by atoms with van der Waals surface area (Å²) in [5, 5.41) is 6.21. The molecule has 0 unspecified atom stereocenters. The predicted octanol–water partition coefficient (Wildman–Crippen LogP) is 5.56. The van der Waals surface area contributed by atoms with Gasteiger partial charge in [-0.3, -0.25) is 14.3 Å². The minimum Gasteiger partial charge on any atom is -0.364 e. The van der Waals surface area contributed by atoms with E-state index in [4.69, 9.17) is 5.73 Å². The molecule has 0 spiro atoms. The van der Waals surface area contributed by atoms with Crippen molar-refractivity contribution in [3.05, 3.63) is 88.1 Å². The summed E-state index contributed by atoms with van der Waals surface area (Å²) >= 11 is 0. The van der Waals surface area contributed by atoms with Gasteiger partial charge in [0.1, 0.15) is 11.5 Å². The molecule has 3 N–H and O–H groups in total. The van der Waals surface area contributed by atoms with Gasteiger partial charge < -0.3 is 11.1 Å². The number of nitrogens with one attached hydrogen (secondary N) is 1. The molecule has 0 bridgehead atoms. The molecule has 1 fully saturated rings. The van der Waals surface area contributed by atoms with E-state index in [2.05, 4.69) is 15.4 Å². The molecule has 1 aliphatic carbocycles. The van der Waals surface area contributed by atoms with Crippen molar-refractivity contribution < 1.29 is 27.2 Å². The number of benzene rings is 2. The van der Waals surface area contributed by atoms with E-state index in [1.807, 2.05) is 24.3 Å². The van der Waals surface area contributed by atoms with Gasteiger partial charge in [0.05, 0.1) is 29.0 Å². The number of rotatable bonds is 6. The number of nitrogens with two attached hydrogens (primary N) is 1. The van der Waals surface area contributed by atoms with E-state index in [1.54, 1.807) is 0 Å². The Morgan fingerprint density at radius 3 is 2.42 bits per heavy atom. The lowest BCUT2D eigenvalue weighted by Gasteiger charge is -2.25. The molecule has 0 aliphatic heterocycles. The summed E-state index contributed by atoms with van der Waals surface area (Å²) in [5.74, 6) is -2.07. The first kappa shape index (κ1) is 25.4. The summed E-state index contributed by atoms with van der Waals surface area (Å²) in [4.78, 5) is 28.9. The number of pyridine rings is 1. The Labute approximate surface area is 214 Å². The largest absolute Gasteiger partial charge is 0.437 e. The molecule has 196 valence electrons. The van der Waals surface area contributed by atoms with E-state index < -0.39 is 35.2 Å². The number of nitrogens with zero attached hydrogens (tertiary/aromatic N) is 3. The highest BCUT2D eigenvalue weighted by Gasteiger charge is 2.39. The van der Waals surface area contributed by atoms with Crippen LogP contribution in [0, 0.1) is 12.7 Å². The third-order valence-corrected chi connectivity index (χ3v) is 6.87. The molecule has 2 amide bonds. The van der Waals surface area contributed by atoms with Crippen LogP contribution in [-0.2, 0) is 12.7 Å². The SMILES string of the molecule is Cc1c(NC(=O)c2cc(C(N)=O)nc3cc(F)ccc23)c(C(F)(F)F)nn1Cc1ccc(C2CCC2)cc1. The highest BCUT2D eigenvalue weighted by molar-refractivity contribution is 6.14. The molecule has 7 nitrogen and oxygen atoms in total. The minimum atomic E-state index is -4.85. The highest BCUT2D eigenvalue weighted by atomic mass is 19.4. The lowest BCUT2D eigenvalue weighted by Crippen LogP contribution is -2.19. The molecule has 2 heterocycles. The third kappa shape index (κ3) is 4.83. The molecule has 0 atom stereocenters. The van der Waals surface area contributed by atoms with Gasteiger partial charge in [0, 0.05) is 11.5 Å². The number of carbonyl (C=O) groups is 2. The molecule has 1 saturated carbocycles. The average molecular weight is 526 g/mol. The molecule has 1 aliphatic rings. The molecule has 2 aromatic carbocycles. The van der Waals surface area contributed by atoms with Crippen molar-refractivity contribution in [1.82, 2.24) is 14.8 Å². The van der Waals surface area contributed by atoms with Crippen molar-refractivity contribution in [1.29, 1.82) is 0 Å². The quantitative estimate of drug-likeness (QED) is 0.322. The monoisotopic (exact) mass is 525 g/mol. The van der Waals surface area contributed by atoms with Crippen LogP contribution in [0.25, 0.3) is 10.9 Å². The van der Waals surface area contributed by atoms with Crippen molar-refractivity contribution in [3.8, 4) is 0 Å². The smallest absolute Gasteiger partial charge is 0.364 e. The second kappa shape index (κ2) is 9.55. The van der Waals surface area contributed by atoms with Crippen LogP contribution in [0.4, 0.5) is 23.2 Å². The number of anilines is 1. The lowest BCUT2D eigenvalue weighted by molar-refractivity contribution is -0.140. The van der Waals surface area contributed by atoms with E-state index in [0.717, 1.165) is 36.6 Å². The maximum absolute atomic E-state index is 13.9. The highest BCUT2D eigenvalue weighted by Crippen LogP contribution is 2.38. The number of aromatic nitrogens is 3. The average Bonchev–Trinajstić information content (AvgIpc) is 3.13. The second-order valence-corrected chi connectivity index (χ2v) is 9.37. The predicted molar refractivity (Wildman–Crippen MR) is 132 cm³/mol. The van der Waals surface area contributed by atoms with E-state index in [9.17, 15) is 27.2 Å². The number of alkyl halides is 3.